The largest absolute Gasteiger partial charge is 0.387 e. The maximum Gasteiger partial charge on any atom is 0.0926 e. The lowest BCUT2D eigenvalue weighted by molar-refractivity contribution is 0.176. The molecule has 2 unspecified atom stereocenters. The van der Waals surface area contributed by atoms with Crippen LogP contribution < -0.4 is 0 Å². The Morgan fingerprint density at radius 2 is 2.25 bits per heavy atom. The van der Waals surface area contributed by atoms with E-state index in [1.54, 1.807) is 18.0 Å². The number of aromatic amines is 1. The Kier molecular flexibility index (Phi) is 2.41. The summed E-state index contributed by atoms with van der Waals surface area (Å²) in [6, 6.07) is 7.99. The van der Waals surface area contributed by atoms with E-state index in [9.17, 15) is 5.11 Å². The van der Waals surface area contributed by atoms with E-state index in [0.29, 0.717) is 0 Å². The Bertz CT molecular complexity index is 484. The highest BCUT2D eigenvalue weighted by molar-refractivity contribution is 8.00. The minimum Gasteiger partial charge on any atom is -0.387 e. The number of nitrogens with one attached hydrogen (secondary N) is 1. The number of hydrogen-bond donors (Lipinski definition) is 2. The van der Waals surface area contributed by atoms with Gasteiger partial charge in [-0.25, -0.2) is 0 Å². The van der Waals surface area contributed by atoms with E-state index in [1.165, 1.54) is 4.90 Å². The van der Waals surface area contributed by atoms with Gasteiger partial charge in [0.15, 0.2) is 0 Å². The molecule has 16 heavy (non-hydrogen) atoms. The maximum atomic E-state index is 10.2. The fourth-order valence-electron chi connectivity index (χ4n) is 1.94. The first-order valence-electron chi connectivity index (χ1n) is 5.13. The Morgan fingerprint density at radius 3 is 3.00 bits per heavy atom. The molecule has 0 bridgehead atoms. The number of aliphatic hydroxyl groups excluding tert-OH is 1. The molecule has 0 radical (unpaired) electrons. The van der Waals surface area contributed by atoms with E-state index in [-0.39, 0.29) is 5.25 Å². The maximum absolute atomic E-state index is 10.2. The normalized spacial score (nSPS) is 23.3. The van der Waals surface area contributed by atoms with Crippen LogP contribution in [0.2, 0.25) is 0 Å². The average Bonchev–Trinajstić information content (AvgIpc) is 2.90. The molecule has 2 atom stereocenters. The summed E-state index contributed by atoms with van der Waals surface area (Å²) in [5.74, 6) is 0. The molecule has 1 aliphatic heterocycles. The summed E-state index contributed by atoms with van der Waals surface area (Å²) in [5, 5.41) is 20.7. The van der Waals surface area contributed by atoms with Gasteiger partial charge >= 0.3 is 0 Å². The monoisotopic (exact) mass is 233 g/mol. The van der Waals surface area contributed by atoms with Crippen LogP contribution in [0.25, 0.3) is 0 Å². The Balaban J connectivity index is 1.82. The molecule has 0 spiro atoms. The number of fused-ring (bicyclic) bond motifs is 1. The molecule has 0 saturated carbocycles. The standard InChI is InChI=1S/C11H11N3OS/c15-11-8-3-1-2-4-9(8)16-10(11)5-7-6-12-14-13-7/h1-4,6,10-11,15H,5H2,(H,12,13,14). The van der Waals surface area contributed by atoms with Crippen molar-refractivity contribution >= 4 is 11.8 Å². The minimum atomic E-state index is -0.405. The lowest BCUT2D eigenvalue weighted by Crippen LogP contribution is -2.12. The predicted molar refractivity (Wildman–Crippen MR) is 61.1 cm³/mol. The number of nitrogens with zero attached hydrogens (tertiary/aromatic N) is 2. The van der Waals surface area contributed by atoms with Crippen molar-refractivity contribution in [3.05, 3.63) is 41.7 Å². The van der Waals surface area contributed by atoms with Gasteiger partial charge in [-0.05, 0) is 11.6 Å². The molecule has 2 N–H and O–H groups in total. The van der Waals surface area contributed by atoms with Crippen LogP contribution in [0.15, 0.2) is 35.4 Å². The van der Waals surface area contributed by atoms with E-state index in [2.05, 4.69) is 15.4 Å². The van der Waals surface area contributed by atoms with E-state index >= 15 is 0 Å². The van der Waals surface area contributed by atoms with Crippen LogP contribution in [0, 0.1) is 0 Å². The summed E-state index contributed by atoms with van der Waals surface area (Å²) < 4.78 is 0. The first-order chi connectivity index (χ1) is 7.84. The van der Waals surface area contributed by atoms with E-state index in [4.69, 9.17) is 0 Å². The summed E-state index contributed by atoms with van der Waals surface area (Å²) in [5.41, 5.74) is 1.92. The average molecular weight is 233 g/mol. The number of rotatable bonds is 2. The van der Waals surface area contributed by atoms with E-state index in [0.717, 1.165) is 17.7 Å². The van der Waals surface area contributed by atoms with Crippen molar-refractivity contribution in [2.24, 2.45) is 0 Å². The number of aromatic nitrogens is 3. The highest BCUT2D eigenvalue weighted by atomic mass is 32.2. The zero-order valence-corrected chi connectivity index (χ0v) is 9.31. The zero-order valence-electron chi connectivity index (χ0n) is 8.50. The molecule has 0 saturated heterocycles. The number of aliphatic hydroxyl groups is 1. The smallest absolute Gasteiger partial charge is 0.0926 e. The highest BCUT2D eigenvalue weighted by Gasteiger charge is 2.31. The van der Waals surface area contributed by atoms with Crippen LogP contribution in [0.3, 0.4) is 0 Å². The molecule has 1 aromatic heterocycles. The first kappa shape index (κ1) is 9.86. The lowest BCUT2D eigenvalue weighted by atomic mass is 10.0. The zero-order chi connectivity index (χ0) is 11.0. The second kappa shape index (κ2) is 3.92. The van der Waals surface area contributed by atoms with Crippen LogP contribution in [0.5, 0.6) is 0 Å². The second-order valence-corrected chi connectivity index (χ2v) is 5.09. The van der Waals surface area contributed by atoms with Gasteiger partial charge in [0.1, 0.15) is 0 Å². The summed E-state index contributed by atoms with van der Waals surface area (Å²) in [6.45, 7) is 0. The Labute approximate surface area is 97.1 Å². The Morgan fingerprint density at radius 1 is 1.38 bits per heavy atom. The topological polar surface area (TPSA) is 61.8 Å². The molecule has 1 aromatic carbocycles. The predicted octanol–water partition coefficient (Wildman–Crippen LogP) is 1.56. The van der Waals surface area contributed by atoms with Crippen molar-refractivity contribution < 1.29 is 5.11 Å². The SMILES string of the molecule is OC1c2ccccc2SC1Cc1cn[nH]n1. The van der Waals surface area contributed by atoms with Gasteiger partial charge in [0, 0.05) is 16.6 Å². The number of hydrogen-bond acceptors (Lipinski definition) is 4. The van der Waals surface area contributed by atoms with Crippen molar-refractivity contribution in [2.75, 3.05) is 0 Å². The summed E-state index contributed by atoms with van der Waals surface area (Å²) >= 11 is 1.71. The molecule has 3 rings (SSSR count). The van der Waals surface area contributed by atoms with Crippen LogP contribution in [0.1, 0.15) is 17.4 Å². The van der Waals surface area contributed by atoms with Gasteiger partial charge in [-0.2, -0.15) is 15.4 Å². The second-order valence-electron chi connectivity index (χ2n) is 3.80. The third-order valence-electron chi connectivity index (χ3n) is 2.74. The molecule has 0 aliphatic carbocycles. The van der Waals surface area contributed by atoms with Crippen molar-refractivity contribution in [3.63, 3.8) is 0 Å². The fourth-order valence-corrected chi connectivity index (χ4v) is 3.28. The van der Waals surface area contributed by atoms with Gasteiger partial charge in [0.25, 0.3) is 0 Å². The lowest BCUT2D eigenvalue weighted by Gasteiger charge is -2.11. The van der Waals surface area contributed by atoms with Gasteiger partial charge in [0.2, 0.25) is 0 Å². The van der Waals surface area contributed by atoms with E-state index in [1.807, 2.05) is 24.3 Å². The summed E-state index contributed by atoms with van der Waals surface area (Å²) in [7, 11) is 0. The molecule has 82 valence electrons. The molecule has 4 nitrogen and oxygen atoms in total. The third-order valence-corrected chi connectivity index (χ3v) is 4.10. The number of benzene rings is 1. The van der Waals surface area contributed by atoms with Crippen LogP contribution >= 0.6 is 11.8 Å². The molecule has 0 amide bonds. The van der Waals surface area contributed by atoms with Crippen molar-refractivity contribution in [1.29, 1.82) is 0 Å². The third kappa shape index (κ3) is 1.62. The van der Waals surface area contributed by atoms with Gasteiger partial charge in [-0.15, -0.1) is 11.8 Å². The Hall–Kier alpha value is -1.33. The number of H-pyrrole nitrogens is 1. The van der Waals surface area contributed by atoms with Crippen LogP contribution in [-0.4, -0.2) is 25.8 Å². The fraction of sp³-hybridized carbons (Fsp3) is 0.273. The first-order valence-corrected chi connectivity index (χ1v) is 6.01. The quantitative estimate of drug-likeness (QED) is 0.826. The van der Waals surface area contributed by atoms with Crippen molar-refractivity contribution in [3.8, 4) is 0 Å². The van der Waals surface area contributed by atoms with E-state index < -0.39 is 6.10 Å². The highest BCUT2D eigenvalue weighted by Crippen LogP contribution is 2.44. The molecule has 5 heteroatoms. The molecule has 0 fully saturated rings. The minimum absolute atomic E-state index is 0.141. The van der Waals surface area contributed by atoms with Gasteiger partial charge in [-0.3, -0.25) is 0 Å². The summed E-state index contributed by atoms with van der Waals surface area (Å²) in [6.07, 6.45) is 2.03. The number of thioether (sulfide) groups is 1. The molecule has 2 heterocycles. The molecule has 1 aliphatic rings. The van der Waals surface area contributed by atoms with Crippen molar-refractivity contribution in [1.82, 2.24) is 15.4 Å². The van der Waals surface area contributed by atoms with Crippen LogP contribution in [-0.2, 0) is 6.42 Å². The van der Waals surface area contributed by atoms with Gasteiger partial charge in [0.05, 0.1) is 18.0 Å². The molecular formula is C11H11N3OS. The van der Waals surface area contributed by atoms with Gasteiger partial charge in [-0.1, -0.05) is 18.2 Å². The molecule has 2 aromatic rings. The van der Waals surface area contributed by atoms with Crippen molar-refractivity contribution in [2.45, 2.75) is 22.7 Å². The van der Waals surface area contributed by atoms with Crippen LogP contribution in [0.4, 0.5) is 0 Å². The van der Waals surface area contributed by atoms with Gasteiger partial charge < -0.3 is 5.11 Å². The summed E-state index contributed by atoms with van der Waals surface area (Å²) in [4.78, 5) is 1.17. The molecular weight excluding hydrogens is 222 g/mol.